The van der Waals surface area contributed by atoms with Gasteiger partial charge in [0, 0.05) is 50.6 Å². The molecule has 2 aliphatic heterocycles. The van der Waals surface area contributed by atoms with Gasteiger partial charge in [0.15, 0.2) is 29.9 Å². The standard InChI is InChI=1S/C32H17N8.CH4O3S.CH3.Cu.3Na.H2O6S2/c1-2-10-18-17(9-1)25-33-26(18)38-28-21-13-5-6-14-22(21)30(35-28)40-32-24-16-8-7-15-23(24)31(36-32)39-29-20-12-4-3-11-19(20)27(34-29)37-25;1-5(2,3)4;;;;;;1-7(2,3)8(4,5)6/h1-16H,(H-,33,34,35,36,37,38,39,40);1H3,(H,2,3,4);1H3;;;;;(H,1,2,3)(H,4,5,6)/q-1;;-1;+2;3*+1;/p-3. The van der Waals surface area contributed by atoms with Crippen LogP contribution in [0.1, 0.15) is 0 Å². The summed E-state index contributed by atoms with van der Waals surface area (Å²) < 4.78 is 82.4. The van der Waals surface area contributed by atoms with E-state index in [2.05, 4.69) is 4.98 Å². The van der Waals surface area contributed by atoms with Crippen molar-refractivity contribution < 1.29 is 145 Å². The van der Waals surface area contributed by atoms with E-state index in [9.17, 15) is 25.9 Å². The molecule has 0 spiro atoms. The Balaban J connectivity index is 0.000000567. The van der Waals surface area contributed by atoms with E-state index in [-0.39, 0.29) is 113 Å². The van der Waals surface area contributed by atoms with Crippen LogP contribution in [0, 0.1) is 7.43 Å². The van der Waals surface area contributed by atoms with Crippen molar-refractivity contribution in [1.29, 1.82) is 0 Å². The minimum Gasteiger partial charge on any atom is -0.748 e. The quantitative estimate of drug-likeness (QED) is 0.0699. The van der Waals surface area contributed by atoms with Gasteiger partial charge in [0.2, 0.25) is 0 Å². The molecule has 8 bridgehead atoms. The molecule has 1 radical (unpaired) electrons. The summed E-state index contributed by atoms with van der Waals surface area (Å²) in [6.07, 6.45) is 0.604. The number of nitrogens with zero attached hydrogens (tertiary/aromatic N) is 7. The largest absolute Gasteiger partial charge is 2.00 e. The minimum absolute atomic E-state index is 0. The first-order valence-electron chi connectivity index (χ1n) is 15.0. The van der Waals surface area contributed by atoms with Crippen molar-refractivity contribution in [1.82, 2.24) is 39.9 Å². The monoisotopic (exact) mass is 915 g/mol. The first kappa shape index (κ1) is 51.6. The molecule has 9 rings (SSSR count). The van der Waals surface area contributed by atoms with Crippen LogP contribution in [0.15, 0.2) is 97.1 Å². The van der Waals surface area contributed by atoms with E-state index in [4.69, 9.17) is 47.9 Å². The topological polar surface area (TPSA) is 279 Å². The number of H-pyrrole nitrogens is 1. The van der Waals surface area contributed by atoms with Crippen LogP contribution in [-0.4, -0.2) is 80.1 Å². The molecular formula is C34H23CuN8Na3O9S3. The molecule has 0 saturated heterocycles. The van der Waals surface area contributed by atoms with E-state index in [0.29, 0.717) is 52.1 Å². The van der Waals surface area contributed by atoms with E-state index in [1.165, 1.54) is 0 Å². The molecule has 0 fully saturated rings. The molecule has 58 heavy (non-hydrogen) atoms. The molecular weight excluding hydrogens is 893 g/mol. The van der Waals surface area contributed by atoms with Crippen molar-refractivity contribution in [3.05, 3.63) is 104 Å². The van der Waals surface area contributed by atoms with Crippen LogP contribution in [0.5, 0.6) is 0 Å². The van der Waals surface area contributed by atoms with Crippen LogP contribution in [0.4, 0.5) is 0 Å². The second-order valence-electron chi connectivity index (χ2n) is 11.2. The first-order chi connectivity index (χ1) is 25.0. The van der Waals surface area contributed by atoms with Gasteiger partial charge in [0.25, 0.3) is 0 Å². The number of hydrogen-bond acceptors (Lipinski definition) is 15. The summed E-state index contributed by atoms with van der Waals surface area (Å²) in [7, 11) is -15.3. The van der Waals surface area contributed by atoms with Gasteiger partial charge >= 0.3 is 106 Å². The molecule has 4 aromatic carbocycles. The van der Waals surface area contributed by atoms with Gasteiger partial charge in [-0.1, -0.05) is 97.1 Å². The Morgan fingerprint density at radius 3 is 1.02 bits per heavy atom. The van der Waals surface area contributed by atoms with Gasteiger partial charge in [-0.05, 0) is 10.8 Å². The molecule has 7 aromatic rings. The van der Waals surface area contributed by atoms with Crippen molar-refractivity contribution in [2.45, 2.75) is 0 Å². The molecule has 24 heteroatoms. The van der Waals surface area contributed by atoms with Crippen LogP contribution in [-0.2, 0) is 45.5 Å². The van der Waals surface area contributed by atoms with Crippen molar-refractivity contribution >= 4 is 72.6 Å². The summed E-state index contributed by atoms with van der Waals surface area (Å²) in [6.45, 7) is 0. The van der Waals surface area contributed by atoms with Crippen molar-refractivity contribution in [3.63, 3.8) is 0 Å². The van der Waals surface area contributed by atoms with Crippen molar-refractivity contribution in [2.24, 2.45) is 0 Å². The van der Waals surface area contributed by atoms with E-state index >= 15 is 0 Å². The molecule has 0 unspecified atom stereocenters. The smallest absolute Gasteiger partial charge is 0.748 e. The van der Waals surface area contributed by atoms with Gasteiger partial charge in [-0.15, -0.1) is 0 Å². The second-order valence-corrected chi connectivity index (χ2v) is 16.7. The summed E-state index contributed by atoms with van der Waals surface area (Å²) in [6, 6.07) is 32.0. The fourth-order valence-electron chi connectivity index (χ4n) is 5.52. The molecule has 0 amide bonds. The zero-order valence-electron chi connectivity index (χ0n) is 31.1. The number of rotatable bonds is 1. The maximum atomic E-state index is 9.20. The average molecular weight is 916 g/mol. The summed E-state index contributed by atoms with van der Waals surface area (Å²) >= 11 is 0. The number of aromatic amines is 1. The van der Waals surface area contributed by atoms with Gasteiger partial charge in [-0.3, -0.25) is 0 Å². The Hall–Kier alpha value is -2.51. The number of benzene rings is 4. The summed E-state index contributed by atoms with van der Waals surface area (Å²) in [4.78, 5) is 38.0. The van der Waals surface area contributed by atoms with Crippen LogP contribution in [0.2, 0.25) is 0 Å². The predicted octanol–water partition coefficient (Wildman–Crippen LogP) is -4.89. The van der Waals surface area contributed by atoms with Gasteiger partial charge < -0.3 is 41.0 Å². The Morgan fingerprint density at radius 2 is 0.724 bits per heavy atom. The van der Waals surface area contributed by atoms with Gasteiger partial charge in [0.1, 0.15) is 11.3 Å². The van der Waals surface area contributed by atoms with Crippen LogP contribution < -0.4 is 93.7 Å². The van der Waals surface area contributed by atoms with E-state index in [0.717, 1.165) is 43.8 Å². The van der Waals surface area contributed by atoms with Crippen molar-refractivity contribution in [2.75, 3.05) is 6.26 Å². The van der Waals surface area contributed by atoms with Crippen LogP contribution in [0.25, 0.3) is 89.7 Å². The maximum Gasteiger partial charge on any atom is 2.00 e. The van der Waals surface area contributed by atoms with Gasteiger partial charge in [0.05, 0.1) is 21.8 Å². The number of fused-ring (bicyclic) bond motifs is 20. The first-order valence-corrected chi connectivity index (χ1v) is 20.2. The maximum absolute atomic E-state index is 9.20. The zero-order valence-corrected chi connectivity index (χ0v) is 40.5. The van der Waals surface area contributed by atoms with E-state index in [1.54, 1.807) is 0 Å². The summed E-state index contributed by atoms with van der Waals surface area (Å²) in [5.41, 5.74) is 6.11. The summed E-state index contributed by atoms with van der Waals surface area (Å²) in [5.74, 6) is 2.30. The molecule has 5 heterocycles. The Labute approximate surface area is 408 Å². The van der Waals surface area contributed by atoms with Gasteiger partial charge in [-0.2, -0.15) is 0 Å². The fourth-order valence-corrected chi connectivity index (χ4v) is 5.52. The SMILES string of the molecule is CS(=O)(=O)[O-].O=S(=O)([O-])S(=O)(=O)[O-].[CH3-].[Cu+2].[Na+].[Na+].[Na+].c1ccc2c(c1)-c1nc-2nc2[nH]c(nc3nc(nc4[n-]c(n1)c1ccccc41)-c1ccccc1-3)c1ccccc21. The van der Waals surface area contributed by atoms with E-state index in [1.807, 2.05) is 97.1 Å². The molecule has 285 valence electrons. The molecule has 17 nitrogen and oxygen atoms in total. The third-order valence-electron chi connectivity index (χ3n) is 7.65. The zero-order chi connectivity index (χ0) is 37.7. The summed E-state index contributed by atoms with van der Waals surface area (Å²) in [5, 5.41) is 3.70. The molecule has 0 atom stereocenters. The Kier molecular flexibility index (Phi) is 18.1. The van der Waals surface area contributed by atoms with Crippen molar-refractivity contribution in [3.8, 4) is 45.6 Å². The molecule has 2 aliphatic rings. The fraction of sp³-hybridized carbons (Fsp3) is 0.0294. The number of nitrogens with one attached hydrogen (secondary N) is 1. The molecule has 1 N–H and O–H groups in total. The molecule has 3 aromatic heterocycles. The third-order valence-corrected chi connectivity index (χ3v) is 9.65. The second kappa shape index (κ2) is 20.4. The average Bonchev–Trinajstić information content (AvgIpc) is 3.83. The van der Waals surface area contributed by atoms with Crippen LogP contribution in [0.3, 0.4) is 0 Å². The third kappa shape index (κ3) is 11.2. The minimum atomic E-state index is -5.67. The number of hydrogen-bond donors (Lipinski definition) is 1. The number of aromatic nitrogens is 8. The van der Waals surface area contributed by atoms with Gasteiger partial charge in [-0.25, -0.2) is 45.2 Å². The van der Waals surface area contributed by atoms with E-state index < -0.39 is 28.4 Å². The Morgan fingerprint density at radius 1 is 0.466 bits per heavy atom. The molecule has 0 aliphatic carbocycles. The normalized spacial score (nSPS) is 11.2. The van der Waals surface area contributed by atoms with Crippen LogP contribution >= 0.6 is 0 Å². The predicted molar refractivity (Wildman–Crippen MR) is 196 cm³/mol. The Bertz CT molecular complexity index is 2800. The molecule has 0 saturated carbocycles.